The second-order valence-corrected chi connectivity index (χ2v) is 6.20. The van der Waals surface area contributed by atoms with Crippen molar-refractivity contribution < 1.29 is 9.53 Å². The van der Waals surface area contributed by atoms with Crippen LogP contribution in [0.5, 0.6) is 0 Å². The van der Waals surface area contributed by atoms with Crippen molar-refractivity contribution in [2.24, 2.45) is 5.92 Å². The van der Waals surface area contributed by atoms with Gasteiger partial charge in [-0.3, -0.25) is 14.7 Å². The Kier molecular flexibility index (Phi) is 5.16. The lowest BCUT2D eigenvalue weighted by Crippen LogP contribution is -2.36. The summed E-state index contributed by atoms with van der Waals surface area (Å²) in [4.78, 5) is 18.5. The summed E-state index contributed by atoms with van der Waals surface area (Å²) in [5, 5.41) is 0. The topological polar surface area (TPSA) is 42.4 Å². The zero-order valence-corrected chi connectivity index (χ0v) is 13.9. The number of piperidine rings is 1. The number of likely N-dealkylation sites (tertiary alicyclic amines) is 1. The third-order valence-corrected chi connectivity index (χ3v) is 5.07. The first kappa shape index (κ1) is 15.4. The Balaban J connectivity index is 1.94. The lowest BCUT2D eigenvalue weighted by Gasteiger charge is -2.30. The number of rotatable bonds is 3. The molecule has 1 fully saturated rings. The monoisotopic (exact) mass is 340 g/mol. The van der Waals surface area contributed by atoms with Crippen molar-refractivity contribution in [2.75, 3.05) is 20.2 Å². The molecule has 0 saturated carbocycles. The Hall–Kier alpha value is -0.940. The molecular formula is C15H21BrN2O2. The molecular weight excluding hydrogens is 320 g/mol. The zero-order valence-electron chi connectivity index (χ0n) is 12.3. The Morgan fingerprint density at radius 2 is 2.10 bits per heavy atom. The maximum atomic E-state index is 11.5. The molecule has 0 spiro atoms. The Bertz CT molecular complexity index is 474. The maximum Gasteiger partial charge on any atom is 0.308 e. The number of hydrogen-bond acceptors (Lipinski definition) is 4. The van der Waals surface area contributed by atoms with E-state index in [0.29, 0.717) is 0 Å². The molecule has 4 nitrogen and oxygen atoms in total. The summed E-state index contributed by atoms with van der Waals surface area (Å²) >= 11 is 3.54. The summed E-state index contributed by atoms with van der Waals surface area (Å²) in [6, 6.07) is 2.13. The van der Waals surface area contributed by atoms with Gasteiger partial charge in [0.05, 0.1) is 24.4 Å². The standard InChI is InChI=1S/C15H21BrN2O2/c1-10-8-13(17-11(2)14(10)16)9-18-6-4-12(5-7-18)15(19)20-3/h8,12H,4-7,9H2,1-3H3. The smallest absolute Gasteiger partial charge is 0.308 e. The Morgan fingerprint density at radius 1 is 1.45 bits per heavy atom. The molecule has 1 saturated heterocycles. The fourth-order valence-electron chi connectivity index (χ4n) is 2.70. The summed E-state index contributed by atoms with van der Waals surface area (Å²) in [6.07, 6.45) is 1.75. The van der Waals surface area contributed by atoms with Gasteiger partial charge in [-0.05, 0) is 67.3 Å². The predicted octanol–water partition coefficient (Wildman–Crippen LogP) is 2.85. The number of carbonyl (C=O) groups excluding carboxylic acids is 1. The summed E-state index contributed by atoms with van der Waals surface area (Å²) in [6.45, 7) is 6.81. The van der Waals surface area contributed by atoms with Gasteiger partial charge in [0.2, 0.25) is 0 Å². The first-order valence-electron chi connectivity index (χ1n) is 6.94. The summed E-state index contributed by atoms with van der Waals surface area (Å²) in [5.41, 5.74) is 3.35. The number of esters is 1. The molecule has 1 aromatic rings. The van der Waals surface area contributed by atoms with E-state index in [1.54, 1.807) is 0 Å². The zero-order chi connectivity index (χ0) is 14.7. The molecule has 2 rings (SSSR count). The Morgan fingerprint density at radius 3 is 2.65 bits per heavy atom. The van der Waals surface area contributed by atoms with Gasteiger partial charge in [-0.25, -0.2) is 0 Å². The van der Waals surface area contributed by atoms with E-state index >= 15 is 0 Å². The van der Waals surface area contributed by atoms with Crippen LogP contribution in [0, 0.1) is 19.8 Å². The molecule has 2 heterocycles. The molecule has 20 heavy (non-hydrogen) atoms. The third-order valence-electron chi connectivity index (χ3n) is 3.87. The molecule has 1 aliphatic heterocycles. The minimum atomic E-state index is -0.0712. The highest BCUT2D eigenvalue weighted by atomic mass is 79.9. The van der Waals surface area contributed by atoms with Crippen LogP contribution in [0.25, 0.3) is 0 Å². The lowest BCUT2D eigenvalue weighted by atomic mass is 9.97. The first-order valence-corrected chi connectivity index (χ1v) is 7.73. The van der Waals surface area contributed by atoms with Gasteiger partial charge in [0.25, 0.3) is 0 Å². The van der Waals surface area contributed by atoms with Crippen molar-refractivity contribution in [3.63, 3.8) is 0 Å². The number of nitrogens with zero attached hydrogens (tertiary/aromatic N) is 2. The minimum absolute atomic E-state index is 0.0672. The van der Waals surface area contributed by atoms with E-state index in [1.807, 2.05) is 6.92 Å². The van der Waals surface area contributed by atoms with Crippen molar-refractivity contribution in [3.8, 4) is 0 Å². The molecule has 0 atom stereocenters. The van der Waals surface area contributed by atoms with Crippen LogP contribution in [0.4, 0.5) is 0 Å². The SMILES string of the molecule is COC(=O)C1CCN(Cc2cc(C)c(Br)c(C)n2)CC1. The van der Waals surface area contributed by atoms with E-state index in [1.165, 1.54) is 12.7 Å². The average molecular weight is 341 g/mol. The molecule has 110 valence electrons. The number of hydrogen-bond donors (Lipinski definition) is 0. The fraction of sp³-hybridized carbons (Fsp3) is 0.600. The maximum absolute atomic E-state index is 11.5. The predicted molar refractivity (Wildman–Crippen MR) is 81.4 cm³/mol. The van der Waals surface area contributed by atoms with Crippen molar-refractivity contribution in [1.82, 2.24) is 9.88 Å². The molecule has 0 aromatic carbocycles. The van der Waals surface area contributed by atoms with Crippen molar-refractivity contribution in [3.05, 3.63) is 27.5 Å². The van der Waals surface area contributed by atoms with E-state index in [-0.39, 0.29) is 11.9 Å². The van der Waals surface area contributed by atoms with E-state index in [0.717, 1.165) is 48.3 Å². The molecule has 0 bridgehead atoms. The fourth-order valence-corrected chi connectivity index (χ4v) is 2.90. The van der Waals surface area contributed by atoms with Gasteiger partial charge in [0, 0.05) is 11.0 Å². The van der Waals surface area contributed by atoms with Gasteiger partial charge in [-0.2, -0.15) is 0 Å². The molecule has 0 aliphatic carbocycles. The normalized spacial score (nSPS) is 17.2. The molecule has 5 heteroatoms. The van der Waals surface area contributed by atoms with Crippen LogP contribution >= 0.6 is 15.9 Å². The highest BCUT2D eigenvalue weighted by Gasteiger charge is 2.25. The second-order valence-electron chi connectivity index (χ2n) is 5.40. The third kappa shape index (κ3) is 3.58. The molecule has 0 N–H and O–H groups in total. The number of aryl methyl sites for hydroxylation is 2. The van der Waals surface area contributed by atoms with Gasteiger partial charge in [0.1, 0.15) is 0 Å². The lowest BCUT2D eigenvalue weighted by molar-refractivity contribution is -0.147. The molecule has 0 radical (unpaired) electrons. The average Bonchev–Trinajstić information content (AvgIpc) is 2.44. The van der Waals surface area contributed by atoms with E-state index in [9.17, 15) is 4.79 Å². The van der Waals surface area contributed by atoms with Gasteiger partial charge in [-0.15, -0.1) is 0 Å². The highest BCUT2D eigenvalue weighted by Crippen LogP contribution is 2.23. The van der Waals surface area contributed by atoms with E-state index in [2.05, 4.69) is 38.8 Å². The Labute approximate surface area is 128 Å². The number of carbonyl (C=O) groups is 1. The van der Waals surface area contributed by atoms with E-state index < -0.39 is 0 Å². The van der Waals surface area contributed by atoms with Gasteiger partial charge in [-0.1, -0.05) is 0 Å². The summed E-state index contributed by atoms with van der Waals surface area (Å²) in [5.74, 6) is -0.00398. The van der Waals surface area contributed by atoms with Crippen LogP contribution in [0.15, 0.2) is 10.5 Å². The number of aromatic nitrogens is 1. The molecule has 0 unspecified atom stereocenters. The van der Waals surface area contributed by atoms with Crippen LogP contribution in [0.2, 0.25) is 0 Å². The molecule has 1 aromatic heterocycles. The second kappa shape index (κ2) is 6.68. The summed E-state index contributed by atoms with van der Waals surface area (Å²) in [7, 11) is 1.46. The first-order chi connectivity index (χ1) is 9.51. The van der Waals surface area contributed by atoms with Gasteiger partial charge < -0.3 is 4.74 Å². The van der Waals surface area contributed by atoms with E-state index in [4.69, 9.17) is 4.74 Å². The minimum Gasteiger partial charge on any atom is -0.469 e. The van der Waals surface area contributed by atoms with Crippen LogP contribution in [0.1, 0.15) is 29.8 Å². The highest BCUT2D eigenvalue weighted by molar-refractivity contribution is 9.10. The van der Waals surface area contributed by atoms with Crippen LogP contribution in [0.3, 0.4) is 0 Å². The summed E-state index contributed by atoms with van der Waals surface area (Å²) < 4.78 is 5.90. The van der Waals surface area contributed by atoms with Gasteiger partial charge >= 0.3 is 5.97 Å². The quantitative estimate of drug-likeness (QED) is 0.793. The van der Waals surface area contributed by atoms with Gasteiger partial charge in [0.15, 0.2) is 0 Å². The van der Waals surface area contributed by atoms with Crippen LogP contribution < -0.4 is 0 Å². The van der Waals surface area contributed by atoms with Crippen molar-refractivity contribution in [2.45, 2.75) is 33.2 Å². The van der Waals surface area contributed by atoms with Crippen LogP contribution in [-0.2, 0) is 16.1 Å². The largest absolute Gasteiger partial charge is 0.469 e. The molecule has 0 amide bonds. The number of halogens is 1. The van der Waals surface area contributed by atoms with Crippen LogP contribution in [-0.4, -0.2) is 36.1 Å². The molecule has 1 aliphatic rings. The number of pyridine rings is 1. The number of methoxy groups -OCH3 is 1. The van der Waals surface area contributed by atoms with Crippen molar-refractivity contribution in [1.29, 1.82) is 0 Å². The number of ether oxygens (including phenoxy) is 1. The van der Waals surface area contributed by atoms with Crippen molar-refractivity contribution >= 4 is 21.9 Å².